The van der Waals surface area contributed by atoms with Crippen LogP contribution in [0, 0.1) is 5.82 Å². The highest BCUT2D eigenvalue weighted by atomic mass is 19.1. The molecule has 0 aliphatic rings. The number of rotatable bonds is 4. The van der Waals surface area contributed by atoms with Crippen LogP contribution in [0.2, 0.25) is 0 Å². The number of halogens is 1. The zero-order valence-electron chi connectivity index (χ0n) is 13.9. The number of nitrogens with one attached hydrogen (secondary N) is 1. The van der Waals surface area contributed by atoms with E-state index < -0.39 is 11.7 Å². The minimum absolute atomic E-state index is 0.301. The lowest BCUT2D eigenvalue weighted by Gasteiger charge is -2.19. The van der Waals surface area contributed by atoms with Crippen molar-refractivity contribution in [1.29, 1.82) is 0 Å². The molecule has 124 valence electrons. The fraction of sp³-hybridized carbons (Fsp3) is 0.412. The predicted molar refractivity (Wildman–Crippen MR) is 87.4 cm³/mol. The number of nitrogens with zero attached hydrogens (tertiary/aromatic N) is 2. The zero-order valence-corrected chi connectivity index (χ0v) is 13.9. The maximum absolute atomic E-state index is 13.1. The topological polar surface area (TPSA) is 56.1 Å². The fourth-order valence-electron chi connectivity index (χ4n) is 2.17. The van der Waals surface area contributed by atoms with Crippen molar-refractivity contribution >= 4 is 11.8 Å². The van der Waals surface area contributed by atoms with Gasteiger partial charge < -0.3 is 4.74 Å². The molecule has 5 nitrogen and oxygen atoms in total. The summed E-state index contributed by atoms with van der Waals surface area (Å²) in [6, 6.07) is 6.07. The molecule has 0 spiro atoms. The molecule has 2 aromatic rings. The highest BCUT2D eigenvalue weighted by Gasteiger charge is 2.19. The van der Waals surface area contributed by atoms with Crippen LogP contribution in [0.15, 0.2) is 30.5 Å². The van der Waals surface area contributed by atoms with Crippen molar-refractivity contribution in [1.82, 2.24) is 9.78 Å². The summed E-state index contributed by atoms with van der Waals surface area (Å²) in [6.45, 7) is 7.46. The van der Waals surface area contributed by atoms with E-state index >= 15 is 0 Å². The van der Waals surface area contributed by atoms with Crippen molar-refractivity contribution in [2.45, 2.75) is 46.1 Å². The summed E-state index contributed by atoms with van der Waals surface area (Å²) >= 11 is 0. The van der Waals surface area contributed by atoms with Gasteiger partial charge in [0.25, 0.3) is 0 Å². The van der Waals surface area contributed by atoms with Gasteiger partial charge in [-0.15, -0.1) is 0 Å². The van der Waals surface area contributed by atoms with Crippen LogP contribution in [0.5, 0.6) is 0 Å². The Morgan fingerprint density at radius 1 is 1.30 bits per heavy atom. The molecule has 0 saturated carbocycles. The third-order valence-electron chi connectivity index (χ3n) is 3.06. The summed E-state index contributed by atoms with van der Waals surface area (Å²) in [5.41, 5.74) is 1.63. The normalized spacial score (nSPS) is 11.3. The van der Waals surface area contributed by atoms with Gasteiger partial charge in [0.05, 0.1) is 23.3 Å². The average molecular weight is 319 g/mol. The summed E-state index contributed by atoms with van der Waals surface area (Å²) in [5, 5.41) is 7.04. The number of ether oxygens (including phenoxy) is 1. The number of amides is 1. The molecule has 0 fully saturated rings. The summed E-state index contributed by atoms with van der Waals surface area (Å²) in [7, 11) is 0. The molecule has 0 aliphatic carbocycles. The first kappa shape index (κ1) is 17.0. The van der Waals surface area contributed by atoms with E-state index in [1.54, 1.807) is 23.0 Å². The van der Waals surface area contributed by atoms with Crippen molar-refractivity contribution in [2.75, 3.05) is 5.32 Å². The van der Waals surface area contributed by atoms with Crippen LogP contribution in [0.1, 0.15) is 39.8 Å². The fourth-order valence-corrected chi connectivity index (χ4v) is 2.17. The molecule has 0 aliphatic heterocycles. The van der Waals surface area contributed by atoms with E-state index in [0.717, 1.165) is 24.2 Å². The van der Waals surface area contributed by atoms with Gasteiger partial charge in [-0.25, -0.2) is 13.9 Å². The molecule has 1 N–H and O–H groups in total. The number of carbonyl (C=O) groups is 1. The standard InChI is InChI=1S/C17H22FN3O2/c1-5-6-15-14(20-16(22)23-17(2,3)4)11-19-21(15)13-9-7-12(18)8-10-13/h7-11H,5-6H2,1-4H3,(H,20,22). The van der Waals surface area contributed by atoms with Crippen LogP contribution in [-0.4, -0.2) is 21.5 Å². The van der Waals surface area contributed by atoms with Gasteiger partial charge in [-0.2, -0.15) is 5.10 Å². The Kier molecular flexibility index (Phi) is 5.03. The van der Waals surface area contributed by atoms with Crippen molar-refractivity contribution in [2.24, 2.45) is 0 Å². The van der Waals surface area contributed by atoms with Crippen molar-refractivity contribution < 1.29 is 13.9 Å². The Morgan fingerprint density at radius 2 is 1.96 bits per heavy atom. The minimum Gasteiger partial charge on any atom is -0.444 e. The average Bonchev–Trinajstić information content (AvgIpc) is 2.81. The van der Waals surface area contributed by atoms with E-state index in [9.17, 15) is 9.18 Å². The molecule has 1 aromatic heterocycles. The first-order valence-electron chi connectivity index (χ1n) is 7.63. The van der Waals surface area contributed by atoms with Gasteiger partial charge in [-0.3, -0.25) is 5.32 Å². The monoisotopic (exact) mass is 319 g/mol. The Labute approximate surface area is 135 Å². The molecule has 1 amide bonds. The molecule has 0 bridgehead atoms. The lowest BCUT2D eigenvalue weighted by molar-refractivity contribution is 0.0635. The smallest absolute Gasteiger partial charge is 0.412 e. The molecule has 6 heteroatoms. The van der Waals surface area contributed by atoms with Gasteiger partial charge in [0, 0.05) is 0 Å². The van der Waals surface area contributed by atoms with Gasteiger partial charge in [-0.1, -0.05) is 13.3 Å². The third-order valence-corrected chi connectivity index (χ3v) is 3.06. The second kappa shape index (κ2) is 6.81. The second-order valence-corrected chi connectivity index (χ2v) is 6.27. The van der Waals surface area contributed by atoms with E-state index in [1.807, 2.05) is 27.7 Å². The van der Waals surface area contributed by atoms with Crippen LogP contribution in [-0.2, 0) is 11.2 Å². The van der Waals surface area contributed by atoms with Gasteiger partial charge >= 0.3 is 6.09 Å². The van der Waals surface area contributed by atoms with Crippen molar-refractivity contribution in [3.05, 3.63) is 42.0 Å². The Balaban J connectivity index is 2.27. The summed E-state index contributed by atoms with van der Waals surface area (Å²) in [4.78, 5) is 12.0. The molecule has 2 rings (SSSR count). The largest absolute Gasteiger partial charge is 0.444 e. The molecule has 0 radical (unpaired) electrons. The Morgan fingerprint density at radius 3 is 2.52 bits per heavy atom. The Hall–Kier alpha value is -2.37. The van der Waals surface area contributed by atoms with Gasteiger partial charge in [0.1, 0.15) is 11.4 Å². The number of hydrogen-bond acceptors (Lipinski definition) is 3. The number of benzene rings is 1. The summed E-state index contributed by atoms with van der Waals surface area (Å²) < 4.78 is 20.1. The van der Waals surface area contributed by atoms with Crippen LogP contribution < -0.4 is 5.32 Å². The molecular weight excluding hydrogens is 297 g/mol. The number of hydrogen-bond donors (Lipinski definition) is 1. The Bertz CT molecular complexity index is 672. The van der Waals surface area contributed by atoms with E-state index in [0.29, 0.717) is 5.69 Å². The van der Waals surface area contributed by atoms with Crippen molar-refractivity contribution in [3.63, 3.8) is 0 Å². The third kappa shape index (κ3) is 4.55. The van der Waals surface area contributed by atoms with E-state index in [-0.39, 0.29) is 5.82 Å². The zero-order chi connectivity index (χ0) is 17.0. The first-order valence-corrected chi connectivity index (χ1v) is 7.63. The van der Waals surface area contributed by atoms with E-state index in [2.05, 4.69) is 10.4 Å². The highest BCUT2D eigenvalue weighted by Crippen LogP contribution is 2.22. The molecule has 0 atom stereocenters. The number of aromatic nitrogens is 2. The molecule has 0 unspecified atom stereocenters. The van der Waals surface area contributed by atoms with Crippen molar-refractivity contribution in [3.8, 4) is 5.69 Å². The predicted octanol–water partition coefficient (Wildman–Crippen LogP) is 4.31. The number of carbonyl (C=O) groups excluding carboxylic acids is 1. The van der Waals surface area contributed by atoms with Crippen LogP contribution in [0.4, 0.5) is 14.9 Å². The lowest BCUT2D eigenvalue weighted by Crippen LogP contribution is -2.27. The first-order chi connectivity index (χ1) is 10.8. The van der Waals surface area contributed by atoms with Crippen LogP contribution in [0.3, 0.4) is 0 Å². The maximum Gasteiger partial charge on any atom is 0.412 e. The maximum atomic E-state index is 13.1. The van der Waals surface area contributed by atoms with E-state index in [1.165, 1.54) is 12.1 Å². The molecule has 1 aromatic carbocycles. The van der Waals surface area contributed by atoms with Gasteiger partial charge in [-0.05, 0) is 51.5 Å². The number of anilines is 1. The quantitative estimate of drug-likeness (QED) is 0.913. The highest BCUT2D eigenvalue weighted by molar-refractivity contribution is 5.85. The summed E-state index contributed by atoms with van der Waals surface area (Å²) in [5.74, 6) is -0.301. The second-order valence-electron chi connectivity index (χ2n) is 6.27. The molecular formula is C17H22FN3O2. The van der Waals surface area contributed by atoms with Gasteiger partial charge in [0.2, 0.25) is 0 Å². The summed E-state index contributed by atoms with van der Waals surface area (Å²) in [6.07, 6.45) is 2.67. The molecule has 0 saturated heterocycles. The lowest BCUT2D eigenvalue weighted by atomic mass is 10.2. The van der Waals surface area contributed by atoms with E-state index in [4.69, 9.17) is 4.74 Å². The minimum atomic E-state index is -0.568. The molecule has 23 heavy (non-hydrogen) atoms. The molecule has 1 heterocycles. The van der Waals surface area contributed by atoms with Gasteiger partial charge in [0.15, 0.2) is 0 Å². The van der Waals surface area contributed by atoms with Crippen LogP contribution >= 0.6 is 0 Å². The SMILES string of the molecule is CCCc1c(NC(=O)OC(C)(C)C)cnn1-c1ccc(F)cc1. The van der Waals surface area contributed by atoms with Crippen LogP contribution in [0.25, 0.3) is 5.69 Å².